The predicted octanol–water partition coefficient (Wildman–Crippen LogP) is 4.54. The lowest BCUT2D eigenvalue weighted by Crippen LogP contribution is -2.44. The molecule has 144 valence electrons. The molecule has 1 aliphatic rings. The number of aryl methyl sites for hydroxylation is 2. The van der Waals surface area contributed by atoms with Crippen molar-refractivity contribution in [3.05, 3.63) is 58.4 Å². The van der Waals surface area contributed by atoms with E-state index >= 15 is 4.39 Å². The maximum absolute atomic E-state index is 16.2. The number of halogens is 3. The van der Waals surface area contributed by atoms with Gasteiger partial charge in [-0.05, 0) is 56.2 Å². The summed E-state index contributed by atoms with van der Waals surface area (Å²) in [6.45, 7) is -6.36. The fraction of sp³-hybridized carbons (Fsp3) is 0.450. The molecule has 27 heavy (non-hydrogen) atoms. The molecule has 1 atom stereocenters. The van der Waals surface area contributed by atoms with Crippen LogP contribution in [0, 0.1) is 12.7 Å². The molecule has 0 bridgehead atoms. The number of nitrogens with zero attached hydrogens (tertiary/aromatic N) is 3. The molecule has 1 unspecified atom stereocenters. The van der Waals surface area contributed by atoms with Crippen molar-refractivity contribution in [2.24, 2.45) is 0 Å². The van der Waals surface area contributed by atoms with Gasteiger partial charge in [0.25, 0.3) is 5.91 Å². The third-order valence-electron chi connectivity index (χ3n) is 3.90. The van der Waals surface area contributed by atoms with E-state index in [0.29, 0.717) is 4.90 Å². The first-order valence-electron chi connectivity index (χ1n) is 12.6. The van der Waals surface area contributed by atoms with Gasteiger partial charge in [-0.2, -0.15) is 0 Å². The summed E-state index contributed by atoms with van der Waals surface area (Å²) < 4.78 is 101. The molecule has 0 aliphatic carbocycles. The van der Waals surface area contributed by atoms with Crippen molar-refractivity contribution < 1.29 is 25.9 Å². The van der Waals surface area contributed by atoms with Gasteiger partial charge >= 0.3 is 0 Å². The van der Waals surface area contributed by atoms with Crippen LogP contribution in [-0.2, 0) is 6.42 Å². The molecule has 0 spiro atoms. The van der Waals surface area contributed by atoms with Gasteiger partial charge < -0.3 is 4.90 Å². The lowest BCUT2D eigenvalue weighted by atomic mass is 9.88. The number of aromatic nitrogens is 2. The summed E-state index contributed by atoms with van der Waals surface area (Å²) in [5.74, 6) is -1.88. The van der Waals surface area contributed by atoms with Gasteiger partial charge in [-0.25, -0.2) is 18.7 Å². The number of carbonyl (C=O) groups excluding carboxylic acids is 1. The first kappa shape index (κ1) is 11.1. The first-order chi connectivity index (χ1) is 16.3. The van der Waals surface area contributed by atoms with E-state index in [9.17, 15) is 9.18 Å². The lowest BCUT2D eigenvalue weighted by Gasteiger charge is -2.36. The van der Waals surface area contributed by atoms with E-state index in [-0.39, 0.29) is 23.4 Å². The van der Waals surface area contributed by atoms with Crippen LogP contribution in [0.15, 0.2) is 30.6 Å². The second-order valence-corrected chi connectivity index (χ2v) is 6.30. The van der Waals surface area contributed by atoms with Crippen LogP contribution < -0.4 is 0 Å². The molecule has 1 aromatic carbocycles. The van der Waals surface area contributed by atoms with Gasteiger partial charge in [-0.1, -0.05) is 11.6 Å². The zero-order valence-electron chi connectivity index (χ0n) is 23.1. The molecular weight excluding hydrogens is 372 g/mol. The molecule has 0 N–H and O–H groups in total. The third-order valence-corrected chi connectivity index (χ3v) is 4.19. The lowest BCUT2D eigenvalue weighted by molar-refractivity contribution is 0.0389. The minimum Gasteiger partial charge on any atom is -0.338 e. The van der Waals surface area contributed by atoms with Crippen molar-refractivity contribution in [2.45, 2.75) is 44.5 Å². The Morgan fingerprint density at radius 1 is 1.48 bits per heavy atom. The summed E-state index contributed by atoms with van der Waals surface area (Å²) in [6, 6.07) is 2.86. The summed E-state index contributed by atoms with van der Waals surface area (Å²) in [6.07, 6.45) is -6.11. The van der Waals surface area contributed by atoms with Gasteiger partial charge in [0.05, 0.1) is 5.02 Å². The maximum atomic E-state index is 16.2. The molecule has 0 saturated carbocycles. The highest BCUT2D eigenvalue weighted by atomic mass is 35.5. The Morgan fingerprint density at radius 2 is 2.26 bits per heavy atom. The van der Waals surface area contributed by atoms with Gasteiger partial charge in [0.15, 0.2) is 0 Å². The Hall–Kier alpha value is -2.08. The van der Waals surface area contributed by atoms with Crippen LogP contribution in [0.1, 0.15) is 59.7 Å². The molecule has 1 amide bonds. The topological polar surface area (TPSA) is 46.1 Å². The Balaban J connectivity index is 1.83. The number of benzene rings is 1. The van der Waals surface area contributed by atoms with Crippen molar-refractivity contribution in [2.75, 3.05) is 13.0 Å². The molecule has 1 aromatic heterocycles. The molecule has 2 aromatic rings. The van der Waals surface area contributed by atoms with E-state index in [1.54, 1.807) is 0 Å². The van der Waals surface area contributed by atoms with E-state index in [4.69, 9.17) is 23.9 Å². The van der Waals surface area contributed by atoms with Gasteiger partial charge in [0, 0.05) is 49.8 Å². The van der Waals surface area contributed by atoms with E-state index < -0.39 is 67.9 Å². The Bertz CT molecular complexity index is 1150. The SMILES string of the molecule is [2H]C([2H])([2H])c1cnc(CCC([2H])([2H])C2(F)CC([2H])([2H])N(C(=O)c3ccc(F)c(Cl)c3)CC2([2H])[2H])nc1. The van der Waals surface area contributed by atoms with Crippen molar-refractivity contribution in [1.82, 2.24) is 14.9 Å². The average molecular weight is 403 g/mol. The highest BCUT2D eigenvalue weighted by Gasteiger charge is 2.35. The second kappa shape index (κ2) is 8.30. The molecule has 1 aliphatic heterocycles. The van der Waals surface area contributed by atoms with Crippen LogP contribution in [0.2, 0.25) is 5.02 Å². The smallest absolute Gasteiger partial charge is 0.253 e. The van der Waals surface area contributed by atoms with Crippen LogP contribution in [0.25, 0.3) is 0 Å². The van der Waals surface area contributed by atoms with E-state index in [1.165, 1.54) is 0 Å². The minimum absolute atomic E-state index is 0.000140. The van der Waals surface area contributed by atoms with Crippen molar-refractivity contribution in [3.63, 3.8) is 0 Å². The normalized spacial score (nSPS) is 29.6. The molecule has 0 radical (unpaired) electrons. The molecule has 1 saturated heterocycles. The predicted molar refractivity (Wildman–Crippen MR) is 100 cm³/mol. The summed E-state index contributed by atoms with van der Waals surface area (Å²) in [4.78, 5) is 21.0. The number of alkyl halides is 1. The number of likely N-dealkylation sites (tertiary alicyclic amines) is 1. The van der Waals surface area contributed by atoms with Crippen LogP contribution in [0.3, 0.4) is 0 Å². The van der Waals surface area contributed by atoms with Crippen molar-refractivity contribution >= 4 is 17.5 Å². The Morgan fingerprint density at radius 3 is 2.96 bits per heavy atom. The molecule has 3 rings (SSSR count). The zero-order chi connectivity index (χ0) is 27.3. The summed E-state index contributed by atoms with van der Waals surface area (Å²) in [7, 11) is 0. The maximum Gasteiger partial charge on any atom is 0.253 e. The van der Waals surface area contributed by atoms with Gasteiger partial charge in [-0.15, -0.1) is 0 Å². The number of rotatable bonds is 5. The monoisotopic (exact) mass is 402 g/mol. The summed E-state index contributed by atoms with van der Waals surface area (Å²) in [5.41, 5.74) is -3.74. The van der Waals surface area contributed by atoms with Crippen LogP contribution >= 0.6 is 11.6 Å². The standard InChI is InChI=1S/C20H22ClF2N3O/c1-14-12-24-18(25-13-14)3-2-6-20(23)7-9-26(10-8-20)19(27)15-4-5-17(22)16(21)11-15/h4-5,11-13H,2-3,6-10H2,1H3/i1D3,6D2,7D2,10D2. The quantitative estimate of drug-likeness (QED) is 0.737. The fourth-order valence-electron chi connectivity index (χ4n) is 2.44. The van der Waals surface area contributed by atoms with Crippen molar-refractivity contribution in [1.29, 1.82) is 0 Å². The van der Waals surface area contributed by atoms with Crippen LogP contribution in [0.5, 0.6) is 0 Å². The Labute approximate surface area is 175 Å². The van der Waals surface area contributed by atoms with Gasteiger partial charge in [0.1, 0.15) is 17.3 Å². The number of hydrogen-bond acceptors (Lipinski definition) is 3. The molecule has 1 fully saturated rings. The second-order valence-electron chi connectivity index (χ2n) is 5.90. The van der Waals surface area contributed by atoms with E-state index in [1.807, 2.05) is 0 Å². The average Bonchev–Trinajstić information content (AvgIpc) is 2.76. The summed E-state index contributed by atoms with van der Waals surface area (Å²) in [5, 5.41) is -0.410. The van der Waals surface area contributed by atoms with Gasteiger partial charge in [0.2, 0.25) is 0 Å². The molecule has 2 heterocycles. The third kappa shape index (κ3) is 5.01. The fourth-order valence-corrected chi connectivity index (χ4v) is 2.62. The minimum atomic E-state index is -3.36. The first-order valence-corrected chi connectivity index (χ1v) is 8.46. The van der Waals surface area contributed by atoms with Crippen LogP contribution in [0.4, 0.5) is 8.78 Å². The van der Waals surface area contributed by atoms with Crippen molar-refractivity contribution in [3.8, 4) is 0 Å². The summed E-state index contributed by atoms with van der Waals surface area (Å²) >= 11 is 5.68. The number of carbonyl (C=O) groups is 1. The highest BCUT2D eigenvalue weighted by Crippen LogP contribution is 2.32. The zero-order valence-corrected chi connectivity index (χ0v) is 14.9. The van der Waals surface area contributed by atoms with Crippen LogP contribution in [-0.4, -0.2) is 39.5 Å². The number of piperidine rings is 1. The molecular formula is C20H22ClF2N3O. The highest BCUT2D eigenvalue weighted by molar-refractivity contribution is 6.31. The molecule has 7 heteroatoms. The number of hydrogen-bond donors (Lipinski definition) is 0. The van der Waals surface area contributed by atoms with E-state index in [0.717, 1.165) is 30.6 Å². The number of amides is 1. The molecule has 4 nitrogen and oxygen atoms in total. The largest absolute Gasteiger partial charge is 0.338 e. The van der Waals surface area contributed by atoms with Gasteiger partial charge in [-0.3, -0.25) is 4.79 Å². The Kier molecular flexibility index (Phi) is 3.40. The van der Waals surface area contributed by atoms with E-state index in [2.05, 4.69) is 9.97 Å².